The molecule has 0 bridgehead atoms. The number of halogens is 1. The first kappa shape index (κ1) is 31.7. The van der Waals surface area contributed by atoms with Crippen LogP contribution >= 0.6 is 11.6 Å². The Morgan fingerprint density at radius 2 is 1.58 bits per heavy atom. The van der Waals surface area contributed by atoms with Gasteiger partial charge in [0.2, 0.25) is 0 Å². The Morgan fingerprint density at radius 1 is 0.889 bits per heavy atom. The number of carboxylic acid groups (broad SMARTS) is 1. The predicted molar refractivity (Wildman–Crippen MR) is 174 cm³/mol. The number of ether oxygens (including phenoxy) is 2. The first-order valence-electron chi connectivity index (χ1n) is 14.9. The SMILES string of the molecule is CC1=C(C(=O)O)C(c2cccc(Cl)c2)C(C(=O)OCCC(c2ccccc2)c2ccccc2)=C(COCCc2ccccn2)N1. The van der Waals surface area contributed by atoms with Crippen molar-refractivity contribution in [3.05, 3.63) is 159 Å². The minimum atomic E-state index is -1.14. The summed E-state index contributed by atoms with van der Waals surface area (Å²) in [6.45, 7) is 2.21. The lowest BCUT2D eigenvalue weighted by molar-refractivity contribution is -0.139. The van der Waals surface area contributed by atoms with Crippen molar-refractivity contribution < 1.29 is 24.2 Å². The second-order valence-corrected chi connectivity index (χ2v) is 11.2. The van der Waals surface area contributed by atoms with Crippen molar-refractivity contribution in [3.8, 4) is 0 Å². The van der Waals surface area contributed by atoms with Crippen LogP contribution in [0.15, 0.2) is 132 Å². The Hall–Kier alpha value is -4.72. The number of dihydropyridines is 1. The van der Waals surface area contributed by atoms with Crippen LogP contribution in [0, 0.1) is 0 Å². The van der Waals surface area contributed by atoms with Gasteiger partial charge in [0.1, 0.15) is 0 Å². The van der Waals surface area contributed by atoms with Gasteiger partial charge in [-0.25, -0.2) is 9.59 Å². The highest BCUT2D eigenvalue weighted by atomic mass is 35.5. The zero-order valence-corrected chi connectivity index (χ0v) is 25.7. The number of carboxylic acids is 1. The fourth-order valence-corrected chi connectivity index (χ4v) is 5.89. The highest BCUT2D eigenvalue weighted by Gasteiger charge is 2.38. The molecule has 0 spiro atoms. The van der Waals surface area contributed by atoms with Gasteiger partial charge in [-0.05, 0) is 54.3 Å². The third kappa shape index (κ3) is 8.06. The lowest BCUT2D eigenvalue weighted by Gasteiger charge is -2.31. The van der Waals surface area contributed by atoms with Gasteiger partial charge >= 0.3 is 11.9 Å². The first-order chi connectivity index (χ1) is 21.9. The van der Waals surface area contributed by atoms with Gasteiger partial charge in [-0.3, -0.25) is 4.98 Å². The maximum atomic E-state index is 14.0. The van der Waals surface area contributed by atoms with Crippen molar-refractivity contribution in [1.29, 1.82) is 0 Å². The third-order valence-corrected chi connectivity index (χ3v) is 8.03. The summed E-state index contributed by atoms with van der Waals surface area (Å²) >= 11 is 6.34. The number of benzene rings is 3. The van der Waals surface area contributed by atoms with Crippen LogP contribution in [0.3, 0.4) is 0 Å². The quantitative estimate of drug-likeness (QED) is 0.122. The number of esters is 1. The van der Waals surface area contributed by atoms with Crippen molar-refractivity contribution in [2.24, 2.45) is 0 Å². The number of allylic oxidation sites excluding steroid dienone is 1. The summed E-state index contributed by atoms with van der Waals surface area (Å²) in [7, 11) is 0. The fourth-order valence-electron chi connectivity index (χ4n) is 5.70. The number of nitrogens with one attached hydrogen (secondary N) is 1. The molecule has 0 saturated carbocycles. The van der Waals surface area contributed by atoms with Crippen LogP contribution in [0.25, 0.3) is 0 Å². The molecular weight excluding hydrogens is 588 g/mol. The number of rotatable bonds is 13. The molecule has 1 atom stereocenters. The molecule has 0 saturated heterocycles. The highest BCUT2D eigenvalue weighted by molar-refractivity contribution is 6.30. The average molecular weight is 623 g/mol. The maximum absolute atomic E-state index is 14.0. The molecule has 230 valence electrons. The van der Waals surface area contributed by atoms with E-state index in [4.69, 9.17) is 21.1 Å². The van der Waals surface area contributed by atoms with Gasteiger partial charge in [-0.2, -0.15) is 0 Å². The molecule has 2 heterocycles. The van der Waals surface area contributed by atoms with Crippen molar-refractivity contribution in [2.75, 3.05) is 19.8 Å². The van der Waals surface area contributed by atoms with E-state index in [1.807, 2.05) is 54.6 Å². The second kappa shape index (κ2) is 15.3. The van der Waals surface area contributed by atoms with Gasteiger partial charge in [0.05, 0.1) is 42.6 Å². The summed E-state index contributed by atoms with van der Waals surface area (Å²) in [5, 5.41) is 13.9. The summed E-state index contributed by atoms with van der Waals surface area (Å²) < 4.78 is 12.0. The van der Waals surface area contributed by atoms with E-state index in [1.165, 1.54) is 0 Å². The molecule has 4 aromatic rings. The molecule has 1 aliphatic heterocycles. The summed E-state index contributed by atoms with van der Waals surface area (Å²) in [6.07, 6.45) is 2.85. The molecule has 2 N–H and O–H groups in total. The number of nitrogens with zero attached hydrogens (tertiary/aromatic N) is 1. The number of pyridine rings is 1. The molecule has 1 aliphatic rings. The van der Waals surface area contributed by atoms with Gasteiger partial charge in [-0.15, -0.1) is 0 Å². The lowest BCUT2D eigenvalue weighted by atomic mass is 9.80. The van der Waals surface area contributed by atoms with Crippen LogP contribution in [0.4, 0.5) is 0 Å². The summed E-state index contributed by atoms with van der Waals surface area (Å²) in [4.78, 5) is 31.0. The number of carbonyl (C=O) groups excluding carboxylic acids is 1. The first-order valence-corrected chi connectivity index (χ1v) is 15.2. The Balaban J connectivity index is 1.42. The molecule has 0 aliphatic carbocycles. The molecular formula is C37H35ClN2O5. The Morgan fingerprint density at radius 3 is 2.20 bits per heavy atom. The number of hydrogen-bond donors (Lipinski definition) is 2. The van der Waals surface area contributed by atoms with Gasteiger partial charge in [0.25, 0.3) is 0 Å². The van der Waals surface area contributed by atoms with E-state index < -0.39 is 17.9 Å². The monoisotopic (exact) mass is 622 g/mol. The molecule has 3 aromatic carbocycles. The molecule has 1 aromatic heterocycles. The van der Waals surface area contributed by atoms with Gasteiger partial charge in [-0.1, -0.05) is 90.5 Å². The predicted octanol–water partition coefficient (Wildman–Crippen LogP) is 7.06. The zero-order chi connectivity index (χ0) is 31.6. The van der Waals surface area contributed by atoms with E-state index in [9.17, 15) is 14.7 Å². The number of carbonyl (C=O) groups is 2. The standard InChI is InChI=1S/C37H35ClN2O5/c1-25-33(36(41)42)34(28-15-10-16-29(38)23-28)35(32(40-25)24-44-21-18-30-17-8-9-20-39-30)37(43)45-22-19-31(26-11-4-2-5-12-26)27-13-6-3-7-14-27/h2-17,20,23,31,34,40H,18-19,21-22,24H2,1H3,(H,41,42). The molecule has 5 rings (SSSR count). The maximum Gasteiger partial charge on any atom is 0.336 e. The van der Waals surface area contributed by atoms with Gasteiger partial charge in [0.15, 0.2) is 0 Å². The highest BCUT2D eigenvalue weighted by Crippen LogP contribution is 2.40. The van der Waals surface area contributed by atoms with Gasteiger partial charge in [0, 0.05) is 34.9 Å². The van der Waals surface area contributed by atoms with Gasteiger partial charge < -0.3 is 19.9 Å². The Bertz CT molecular complexity index is 1630. The lowest BCUT2D eigenvalue weighted by Crippen LogP contribution is -2.34. The van der Waals surface area contributed by atoms with E-state index in [2.05, 4.69) is 34.6 Å². The van der Waals surface area contributed by atoms with E-state index in [-0.39, 0.29) is 30.3 Å². The van der Waals surface area contributed by atoms with Crippen LogP contribution in [0.5, 0.6) is 0 Å². The van der Waals surface area contributed by atoms with E-state index in [0.717, 1.165) is 16.8 Å². The van der Waals surface area contributed by atoms with Crippen molar-refractivity contribution in [1.82, 2.24) is 10.3 Å². The van der Waals surface area contributed by atoms with Crippen molar-refractivity contribution in [2.45, 2.75) is 31.6 Å². The van der Waals surface area contributed by atoms with Crippen LogP contribution in [0.1, 0.15) is 47.6 Å². The molecule has 0 radical (unpaired) electrons. The fraction of sp³-hybridized carbons (Fsp3) is 0.216. The Labute approximate surface area is 268 Å². The smallest absolute Gasteiger partial charge is 0.336 e. The van der Waals surface area contributed by atoms with Crippen LogP contribution in [-0.2, 0) is 25.5 Å². The summed E-state index contributed by atoms with van der Waals surface area (Å²) in [5.41, 5.74) is 4.80. The number of hydrogen-bond acceptors (Lipinski definition) is 6. The molecule has 8 heteroatoms. The average Bonchev–Trinajstić information content (AvgIpc) is 3.05. The minimum Gasteiger partial charge on any atom is -0.478 e. The Kier molecular flexibility index (Phi) is 10.8. The van der Waals surface area contributed by atoms with Crippen LogP contribution in [0.2, 0.25) is 5.02 Å². The summed E-state index contributed by atoms with van der Waals surface area (Å²) in [5.74, 6) is -2.66. The number of aromatic nitrogens is 1. The molecule has 0 amide bonds. The van der Waals surface area contributed by atoms with E-state index >= 15 is 0 Å². The van der Waals surface area contributed by atoms with Crippen molar-refractivity contribution in [3.63, 3.8) is 0 Å². The molecule has 1 unspecified atom stereocenters. The van der Waals surface area contributed by atoms with Crippen LogP contribution in [-0.4, -0.2) is 41.8 Å². The normalized spacial score (nSPS) is 14.8. The van der Waals surface area contributed by atoms with E-state index in [1.54, 1.807) is 37.4 Å². The number of aliphatic carboxylic acids is 1. The van der Waals surface area contributed by atoms with Crippen molar-refractivity contribution >= 4 is 23.5 Å². The topological polar surface area (TPSA) is 97.8 Å². The largest absolute Gasteiger partial charge is 0.478 e. The molecule has 45 heavy (non-hydrogen) atoms. The minimum absolute atomic E-state index is 0.00788. The third-order valence-electron chi connectivity index (χ3n) is 7.80. The summed E-state index contributed by atoms with van der Waals surface area (Å²) in [6, 6.07) is 32.8. The second-order valence-electron chi connectivity index (χ2n) is 10.8. The molecule has 7 nitrogen and oxygen atoms in total. The zero-order valence-electron chi connectivity index (χ0n) is 25.0. The van der Waals surface area contributed by atoms with E-state index in [0.29, 0.717) is 41.4 Å². The molecule has 0 fully saturated rings. The van der Waals surface area contributed by atoms with Crippen LogP contribution < -0.4 is 5.32 Å².